The lowest BCUT2D eigenvalue weighted by Crippen LogP contribution is -2.17. The smallest absolute Gasteiger partial charge is 0.101 e. The van der Waals surface area contributed by atoms with E-state index in [0.717, 1.165) is 24.4 Å². The van der Waals surface area contributed by atoms with Crippen LogP contribution >= 0.6 is 0 Å². The lowest BCUT2D eigenvalue weighted by Gasteiger charge is -2.11. The zero-order valence-electron chi connectivity index (χ0n) is 10.2. The number of benzene rings is 1. The predicted octanol–water partition coefficient (Wildman–Crippen LogP) is 2.24. The van der Waals surface area contributed by atoms with Gasteiger partial charge in [-0.2, -0.15) is 0 Å². The van der Waals surface area contributed by atoms with Crippen LogP contribution in [0.15, 0.2) is 23.2 Å². The van der Waals surface area contributed by atoms with Crippen LogP contribution in [0, 0.1) is 0 Å². The van der Waals surface area contributed by atoms with E-state index in [4.69, 9.17) is 5.73 Å². The number of nitrogens with two attached hydrogens (primary N) is 1. The highest BCUT2D eigenvalue weighted by Crippen LogP contribution is 2.32. The molecular formula is C13H19N3. The van der Waals surface area contributed by atoms with Gasteiger partial charge in [0, 0.05) is 20.1 Å². The van der Waals surface area contributed by atoms with Gasteiger partial charge in [-0.15, -0.1) is 0 Å². The van der Waals surface area contributed by atoms with E-state index in [1.54, 1.807) is 0 Å². The minimum atomic E-state index is 0.199. The summed E-state index contributed by atoms with van der Waals surface area (Å²) in [6.45, 7) is 2.01. The summed E-state index contributed by atoms with van der Waals surface area (Å²) in [7, 11) is 4.00. The van der Waals surface area contributed by atoms with Crippen molar-refractivity contribution in [1.29, 1.82) is 0 Å². The topological polar surface area (TPSA) is 41.6 Å². The van der Waals surface area contributed by atoms with Crippen LogP contribution in [0.4, 0.5) is 5.69 Å². The van der Waals surface area contributed by atoms with E-state index in [0.29, 0.717) is 0 Å². The number of hydrogen-bond donors (Lipinski definition) is 1. The van der Waals surface area contributed by atoms with Crippen LogP contribution < -0.4 is 5.73 Å². The summed E-state index contributed by atoms with van der Waals surface area (Å²) in [6.07, 6.45) is 2.17. The third-order valence-electron chi connectivity index (χ3n) is 3.19. The minimum absolute atomic E-state index is 0.199. The molecule has 2 rings (SSSR count). The fraction of sp³-hybridized carbons (Fsp3) is 0.462. The van der Waals surface area contributed by atoms with E-state index in [1.807, 2.05) is 25.9 Å². The van der Waals surface area contributed by atoms with E-state index >= 15 is 0 Å². The molecule has 1 aliphatic rings. The zero-order valence-corrected chi connectivity index (χ0v) is 10.2. The second kappa shape index (κ2) is 4.26. The molecule has 0 fully saturated rings. The Morgan fingerprint density at radius 3 is 2.88 bits per heavy atom. The molecule has 3 nitrogen and oxygen atoms in total. The van der Waals surface area contributed by atoms with Gasteiger partial charge in [-0.3, -0.25) is 0 Å². The van der Waals surface area contributed by atoms with E-state index < -0.39 is 0 Å². The molecule has 1 unspecified atom stereocenters. The number of nitrogens with zero attached hydrogens (tertiary/aromatic N) is 2. The average molecular weight is 217 g/mol. The Hall–Kier alpha value is -1.35. The molecule has 1 atom stereocenters. The van der Waals surface area contributed by atoms with Crippen LogP contribution in [0.3, 0.4) is 0 Å². The molecule has 1 aromatic rings. The number of fused-ring (bicyclic) bond motifs is 1. The van der Waals surface area contributed by atoms with Crippen molar-refractivity contribution in [3.63, 3.8) is 0 Å². The average Bonchev–Trinajstić information content (AvgIpc) is 2.60. The van der Waals surface area contributed by atoms with Gasteiger partial charge in [-0.1, -0.05) is 6.07 Å². The molecule has 3 heteroatoms. The van der Waals surface area contributed by atoms with Crippen LogP contribution in [0.25, 0.3) is 0 Å². The molecule has 0 saturated heterocycles. The molecule has 16 heavy (non-hydrogen) atoms. The highest BCUT2D eigenvalue weighted by Gasteiger charge is 2.18. The van der Waals surface area contributed by atoms with Crippen molar-refractivity contribution in [1.82, 2.24) is 4.90 Å². The van der Waals surface area contributed by atoms with E-state index in [9.17, 15) is 0 Å². The van der Waals surface area contributed by atoms with Crippen molar-refractivity contribution in [2.75, 3.05) is 14.1 Å². The van der Waals surface area contributed by atoms with Gasteiger partial charge in [0.15, 0.2) is 0 Å². The van der Waals surface area contributed by atoms with Gasteiger partial charge < -0.3 is 10.6 Å². The van der Waals surface area contributed by atoms with Gasteiger partial charge in [0.05, 0.1) is 5.69 Å². The fourth-order valence-corrected chi connectivity index (χ4v) is 1.98. The molecule has 0 saturated carbocycles. The summed E-state index contributed by atoms with van der Waals surface area (Å²) in [5, 5.41) is 0. The van der Waals surface area contributed by atoms with Crippen LogP contribution in [0.5, 0.6) is 0 Å². The summed E-state index contributed by atoms with van der Waals surface area (Å²) in [5.41, 5.74) is 9.70. The molecule has 0 aliphatic heterocycles. The van der Waals surface area contributed by atoms with E-state index in [-0.39, 0.29) is 6.04 Å². The van der Waals surface area contributed by atoms with Crippen molar-refractivity contribution < 1.29 is 0 Å². The monoisotopic (exact) mass is 217 g/mol. The van der Waals surface area contributed by atoms with Crippen LogP contribution in [0.1, 0.15) is 30.5 Å². The lowest BCUT2D eigenvalue weighted by molar-refractivity contribution is 0.619. The Labute approximate surface area is 97.0 Å². The Morgan fingerprint density at radius 2 is 2.19 bits per heavy atom. The second-order valence-electron chi connectivity index (χ2n) is 4.58. The summed E-state index contributed by atoms with van der Waals surface area (Å²) in [6, 6.07) is 6.55. The van der Waals surface area contributed by atoms with Crippen molar-refractivity contribution in [3.05, 3.63) is 29.3 Å². The van der Waals surface area contributed by atoms with Crippen LogP contribution in [-0.2, 0) is 6.42 Å². The lowest BCUT2D eigenvalue weighted by atomic mass is 10.1. The first-order chi connectivity index (χ1) is 7.58. The highest BCUT2D eigenvalue weighted by atomic mass is 15.1. The maximum atomic E-state index is 6.05. The molecule has 0 amide bonds. The molecule has 0 bridgehead atoms. The Morgan fingerprint density at radius 1 is 1.44 bits per heavy atom. The summed E-state index contributed by atoms with van der Waals surface area (Å²) < 4.78 is 0. The third-order valence-corrected chi connectivity index (χ3v) is 3.19. The quantitative estimate of drug-likeness (QED) is 0.579. The zero-order chi connectivity index (χ0) is 11.7. The number of aryl methyl sites for hydroxylation is 1. The van der Waals surface area contributed by atoms with Crippen LogP contribution in [-0.4, -0.2) is 24.8 Å². The molecule has 0 aromatic heterocycles. The number of aliphatic imine (C=N–C) groups is 1. The maximum Gasteiger partial charge on any atom is 0.101 e. The van der Waals surface area contributed by atoms with Gasteiger partial charge in [0.1, 0.15) is 5.84 Å². The summed E-state index contributed by atoms with van der Waals surface area (Å²) >= 11 is 0. The number of amidine groups is 1. The van der Waals surface area contributed by atoms with Gasteiger partial charge in [0.25, 0.3) is 0 Å². The number of rotatable bonds is 1. The van der Waals surface area contributed by atoms with Gasteiger partial charge in [0.2, 0.25) is 0 Å². The molecule has 86 valence electrons. The minimum Gasteiger partial charge on any atom is -0.366 e. The van der Waals surface area contributed by atoms with E-state index in [1.165, 1.54) is 11.1 Å². The van der Waals surface area contributed by atoms with Crippen LogP contribution in [0.2, 0.25) is 0 Å². The van der Waals surface area contributed by atoms with Gasteiger partial charge in [-0.25, -0.2) is 4.99 Å². The normalized spacial score (nSPS) is 19.8. The maximum absolute atomic E-state index is 6.05. The molecule has 0 radical (unpaired) electrons. The van der Waals surface area contributed by atoms with Crippen molar-refractivity contribution in [2.45, 2.75) is 25.8 Å². The number of hydrogen-bond acceptors (Lipinski definition) is 2. The summed E-state index contributed by atoms with van der Waals surface area (Å²) in [5.74, 6) is 1.01. The predicted molar refractivity (Wildman–Crippen MR) is 68.1 cm³/mol. The highest BCUT2D eigenvalue weighted by molar-refractivity contribution is 5.82. The Bertz CT molecular complexity index is 421. The standard InChI is InChI=1S/C13H19N3/c1-9(16(2)3)15-11-6-4-10-5-7-13(14)12(10)8-11/h4,6,8,13H,5,7,14H2,1-3H3. The van der Waals surface area contributed by atoms with Gasteiger partial charge >= 0.3 is 0 Å². The molecule has 1 aromatic carbocycles. The Kier molecular flexibility index (Phi) is 2.97. The Balaban J connectivity index is 2.32. The molecule has 0 spiro atoms. The van der Waals surface area contributed by atoms with Gasteiger partial charge in [-0.05, 0) is 43.0 Å². The largest absolute Gasteiger partial charge is 0.366 e. The SMILES string of the molecule is CC(=Nc1ccc2c(c1)C(N)CC2)N(C)C. The molecule has 1 aliphatic carbocycles. The van der Waals surface area contributed by atoms with Crippen molar-refractivity contribution in [2.24, 2.45) is 10.7 Å². The third kappa shape index (κ3) is 2.09. The molecule has 2 N–H and O–H groups in total. The first-order valence-corrected chi connectivity index (χ1v) is 5.69. The fourth-order valence-electron chi connectivity index (χ4n) is 1.98. The summed E-state index contributed by atoms with van der Waals surface area (Å²) in [4.78, 5) is 6.56. The van der Waals surface area contributed by atoms with Crippen molar-refractivity contribution in [3.8, 4) is 0 Å². The molecule has 0 heterocycles. The first kappa shape index (κ1) is 11.1. The first-order valence-electron chi connectivity index (χ1n) is 5.69. The molecular weight excluding hydrogens is 198 g/mol. The van der Waals surface area contributed by atoms with Crippen molar-refractivity contribution >= 4 is 11.5 Å². The van der Waals surface area contributed by atoms with E-state index in [2.05, 4.69) is 23.2 Å². The second-order valence-corrected chi connectivity index (χ2v) is 4.58.